The van der Waals surface area contributed by atoms with E-state index in [-0.39, 0.29) is 0 Å². The Morgan fingerprint density at radius 2 is 1.86 bits per heavy atom. The van der Waals surface area contributed by atoms with E-state index >= 15 is 0 Å². The molecule has 0 aliphatic carbocycles. The van der Waals surface area contributed by atoms with E-state index in [1.807, 2.05) is 0 Å². The molecule has 0 aromatic carbocycles. The predicted octanol–water partition coefficient (Wildman–Crippen LogP) is 5.20. The molecular weight excluding hydrogens is 168 g/mol. The highest BCUT2D eigenvalue weighted by Crippen LogP contribution is 2.27. The van der Waals surface area contributed by atoms with Gasteiger partial charge in [0.1, 0.15) is 0 Å². The van der Waals surface area contributed by atoms with Gasteiger partial charge in [0.2, 0.25) is 0 Å². The van der Waals surface area contributed by atoms with Gasteiger partial charge in [-0.3, -0.25) is 0 Å². The fourth-order valence-corrected chi connectivity index (χ4v) is 2.10. The van der Waals surface area contributed by atoms with Crippen LogP contribution < -0.4 is 0 Å². The van der Waals surface area contributed by atoms with Crippen LogP contribution in [0.15, 0.2) is 11.6 Å². The standard InChI is InChI=1S/C14H28/c1-6-9-10-11-14(8-3)13(5)12(4)7-2/h7,13-14H,6,8-11H2,1-5H3. The molecule has 84 valence electrons. The topological polar surface area (TPSA) is 0 Å². The fraction of sp³-hybridized carbons (Fsp3) is 0.857. The molecule has 0 spiro atoms. The monoisotopic (exact) mass is 196 g/mol. The zero-order valence-corrected chi connectivity index (χ0v) is 10.8. The van der Waals surface area contributed by atoms with Gasteiger partial charge >= 0.3 is 0 Å². The predicted molar refractivity (Wildman–Crippen MR) is 66.5 cm³/mol. The molecule has 2 atom stereocenters. The van der Waals surface area contributed by atoms with Gasteiger partial charge in [-0.15, -0.1) is 0 Å². The fourth-order valence-electron chi connectivity index (χ4n) is 2.10. The molecule has 0 amide bonds. The molecule has 0 nitrogen and oxygen atoms in total. The third-order valence-electron chi connectivity index (χ3n) is 3.58. The number of hydrogen-bond donors (Lipinski definition) is 0. The highest BCUT2D eigenvalue weighted by atomic mass is 14.2. The van der Waals surface area contributed by atoms with Gasteiger partial charge < -0.3 is 0 Å². The van der Waals surface area contributed by atoms with Gasteiger partial charge in [0.05, 0.1) is 0 Å². The number of hydrogen-bond acceptors (Lipinski definition) is 0. The third kappa shape index (κ3) is 4.83. The molecule has 0 bridgehead atoms. The average Bonchev–Trinajstić information content (AvgIpc) is 2.22. The molecule has 0 rings (SSSR count). The van der Waals surface area contributed by atoms with Gasteiger partial charge in [-0.25, -0.2) is 0 Å². The maximum absolute atomic E-state index is 2.38. The molecule has 0 heterocycles. The third-order valence-corrected chi connectivity index (χ3v) is 3.58. The van der Waals surface area contributed by atoms with Crippen LogP contribution in [0.3, 0.4) is 0 Å². The van der Waals surface area contributed by atoms with Crippen LogP contribution in [-0.4, -0.2) is 0 Å². The highest BCUT2D eigenvalue weighted by molar-refractivity contribution is 5.01. The van der Waals surface area contributed by atoms with Crippen molar-refractivity contribution in [3.63, 3.8) is 0 Å². The van der Waals surface area contributed by atoms with Crippen LogP contribution in [0.5, 0.6) is 0 Å². The molecule has 14 heavy (non-hydrogen) atoms. The lowest BCUT2D eigenvalue weighted by Crippen LogP contribution is -2.12. The van der Waals surface area contributed by atoms with Crippen LogP contribution in [0.25, 0.3) is 0 Å². The van der Waals surface area contributed by atoms with Crippen LogP contribution in [0.1, 0.15) is 66.7 Å². The number of allylic oxidation sites excluding steroid dienone is 2. The molecule has 0 fully saturated rings. The van der Waals surface area contributed by atoms with Crippen molar-refractivity contribution in [2.75, 3.05) is 0 Å². The van der Waals surface area contributed by atoms with Crippen molar-refractivity contribution in [1.29, 1.82) is 0 Å². The first-order valence-electron chi connectivity index (χ1n) is 6.30. The summed E-state index contributed by atoms with van der Waals surface area (Å²) in [6, 6.07) is 0. The molecule has 2 unspecified atom stereocenters. The first-order chi connectivity index (χ1) is 6.67. The Balaban J connectivity index is 3.99. The molecule has 0 saturated carbocycles. The Morgan fingerprint density at radius 3 is 2.29 bits per heavy atom. The SMILES string of the molecule is CC=C(C)C(C)C(CC)CCCCC. The summed E-state index contributed by atoms with van der Waals surface area (Å²) in [7, 11) is 0. The normalized spacial score (nSPS) is 16.8. The van der Waals surface area contributed by atoms with Crippen molar-refractivity contribution in [1.82, 2.24) is 0 Å². The summed E-state index contributed by atoms with van der Waals surface area (Å²) in [6.07, 6.45) is 9.17. The maximum atomic E-state index is 2.38. The second-order valence-corrected chi connectivity index (χ2v) is 4.49. The summed E-state index contributed by atoms with van der Waals surface area (Å²) in [4.78, 5) is 0. The minimum Gasteiger partial charge on any atom is -0.0885 e. The second kappa shape index (κ2) is 8.08. The summed E-state index contributed by atoms with van der Waals surface area (Å²) >= 11 is 0. The smallest absolute Gasteiger partial charge is 0.0206 e. The molecule has 0 aromatic rings. The van der Waals surface area contributed by atoms with Gasteiger partial charge in [0.25, 0.3) is 0 Å². The van der Waals surface area contributed by atoms with Gasteiger partial charge in [0.15, 0.2) is 0 Å². The Bertz CT molecular complexity index is 155. The van der Waals surface area contributed by atoms with E-state index in [0.29, 0.717) is 0 Å². The molecule has 0 radical (unpaired) electrons. The van der Waals surface area contributed by atoms with Gasteiger partial charge in [-0.05, 0) is 32.1 Å². The summed E-state index contributed by atoms with van der Waals surface area (Å²) in [5, 5.41) is 0. The molecule has 0 aliphatic heterocycles. The molecule has 0 saturated heterocycles. The number of unbranched alkanes of at least 4 members (excludes halogenated alkanes) is 2. The number of rotatable bonds is 7. The average molecular weight is 196 g/mol. The minimum absolute atomic E-state index is 0.779. The Labute approximate surface area is 90.8 Å². The lowest BCUT2D eigenvalue weighted by molar-refractivity contribution is 0.352. The summed E-state index contributed by atoms with van der Waals surface area (Å²) < 4.78 is 0. The van der Waals surface area contributed by atoms with E-state index in [1.54, 1.807) is 5.57 Å². The lowest BCUT2D eigenvalue weighted by atomic mass is 9.82. The largest absolute Gasteiger partial charge is 0.0885 e. The van der Waals surface area contributed by atoms with Crippen LogP contribution >= 0.6 is 0 Å². The van der Waals surface area contributed by atoms with Crippen LogP contribution in [-0.2, 0) is 0 Å². The molecule has 0 heteroatoms. The second-order valence-electron chi connectivity index (χ2n) is 4.49. The van der Waals surface area contributed by atoms with Crippen molar-refractivity contribution >= 4 is 0 Å². The van der Waals surface area contributed by atoms with Crippen LogP contribution in [0.2, 0.25) is 0 Å². The zero-order valence-electron chi connectivity index (χ0n) is 10.8. The van der Waals surface area contributed by atoms with Gasteiger partial charge in [0, 0.05) is 0 Å². The molecular formula is C14H28. The van der Waals surface area contributed by atoms with Crippen molar-refractivity contribution < 1.29 is 0 Å². The summed E-state index contributed by atoms with van der Waals surface area (Å²) in [6.45, 7) is 11.4. The zero-order chi connectivity index (χ0) is 11.0. The first-order valence-corrected chi connectivity index (χ1v) is 6.30. The maximum Gasteiger partial charge on any atom is -0.0206 e. The van der Waals surface area contributed by atoms with E-state index in [1.165, 1.54) is 32.1 Å². The Kier molecular flexibility index (Phi) is 7.93. The summed E-state index contributed by atoms with van der Waals surface area (Å²) in [5.41, 5.74) is 1.56. The van der Waals surface area contributed by atoms with Crippen molar-refractivity contribution in [2.45, 2.75) is 66.7 Å². The Morgan fingerprint density at radius 1 is 1.21 bits per heavy atom. The lowest BCUT2D eigenvalue weighted by Gasteiger charge is -2.23. The highest BCUT2D eigenvalue weighted by Gasteiger charge is 2.15. The quantitative estimate of drug-likeness (QED) is 0.388. The van der Waals surface area contributed by atoms with E-state index < -0.39 is 0 Å². The van der Waals surface area contributed by atoms with E-state index in [0.717, 1.165) is 11.8 Å². The van der Waals surface area contributed by atoms with Crippen LogP contribution in [0, 0.1) is 11.8 Å². The van der Waals surface area contributed by atoms with E-state index in [9.17, 15) is 0 Å². The van der Waals surface area contributed by atoms with E-state index in [4.69, 9.17) is 0 Å². The van der Waals surface area contributed by atoms with Gasteiger partial charge in [-0.2, -0.15) is 0 Å². The van der Waals surface area contributed by atoms with E-state index in [2.05, 4.69) is 40.7 Å². The minimum atomic E-state index is 0.779. The molecule has 0 aliphatic rings. The summed E-state index contributed by atoms with van der Waals surface area (Å²) in [5.74, 6) is 1.68. The molecule has 0 aromatic heterocycles. The van der Waals surface area contributed by atoms with Crippen molar-refractivity contribution in [3.05, 3.63) is 11.6 Å². The Hall–Kier alpha value is -0.260. The van der Waals surface area contributed by atoms with Gasteiger partial charge in [-0.1, -0.05) is 58.1 Å². The molecule has 0 N–H and O–H groups in total. The van der Waals surface area contributed by atoms with Crippen molar-refractivity contribution in [2.24, 2.45) is 11.8 Å². The first kappa shape index (κ1) is 13.7. The van der Waals surface area contributed by atoms with Crippen molar-refractivity contribution in [3.8, 4) is 0 Å². The van der Waals surface area contributed by atoms with Crippen LogP contribution in [0.4, 0.5) is 0 Å².